The summed E-state index contributed by atoms with van der Waals surface area (Å²) in [6.45, 7) is 0.426. The molecule has 0 aromatic carbocycles. The molecule has 4 heteroatoms. The van der Waals surface area contributed by atoms with Crippen LogP contribution in [0.4, 0.5) is 0 Å². The van der Waals surface area contributed by atoms with Crippen molar-refractivity contribution in [3.05, 3.63) is 0 Å². The van der Waals surface area contributed by atoms with Gasteiger partial charge in [-0.05, 0) is 0 Å². The van der Waals surface area contributed by atoms with E-state index in [2.05, 4.69) is 0 Å². The van der Waals surface area contributed by atoms with E-state index in [1.54, 1.807) is 11.8 Å². The minimum absolute atomic E-state index is 0. The van der Waals surface area contributed by atoms with Gasteiger partial charge in [-0.2, -0.15) is 11.8 Å². The quantitative estimate of drug-likeness (QED) is 0.322. The SMILES string of the molecule is OCCSCCO.[Na+]. The Balaban J connectivity index is 0. The average Bonchev–Trinajstić information content (AvgIpc) is 1.69. The van der Waals surface area contributed by atoms with Crippen LogP contribution in [-0.2, 0) is 0 Å². The van der Waals surface area contributed by atoms with Crippen molar-refractivity contribution >= 4 is 11.8 Å². The molecule has 0 fully saturated rings. The van der Waals surface area contributed by atoms with Crippen LogP contribution in [0.2, 0.25) is 0 Å². The molecule has 0 amide bonds. The predicted molar refractivity (Wildman–Crippen MR) is 31.5 cm³/mol. The number of aliphatic hydroxyl groups excluding tert-OH is 2. The van der Waals surface area contributed by atoms with Crippen molar-refractivity contribution in [1.29, 1.82) is 0 Å². The van der Waals surface area contributed by atoms with Gasteiger partial charge in [-0.25, -0.2) is 0 Å². The summed E-state index contributed by atoms with van der Waals surface area (Å²) >= 11 is 1.55. The first kappa shape index (κ1) is 12.0. The van der Waals surface area contributed by atoms with Gasteiger partial charge in [0.25, 0.3) is 0 Å². The summed E-state index contributed by atoms with van der Waals surface area (Å²) in [5.41, 5.74) is 0. The third kappa shape index (κ3) is 10.3. The fourth-order valence-electron chi connectivity index (χ4n) is 0.231. The maximum absolute atomic E-state index is 8.19. The Bertz CT molecular complexity index is 33.2. The van der Waals surface area contributed by atoms with Crippen LogP contribution in [0, 0.1) is 0 Å². The van der Waals surface area contributed by atoms with E-state index in [1.165, 1.54) is 0 Å². The number of rotatable bonds is 4. The van der Waals surface area contributed by atoms with Crippen LogP contribution in [0.15, 0.2) is 0 Å². The van der Waals surface area contributed by atoms with Crippen molar-refractivity contribution < 1.29 is 39.8 Å². The monoisotopic (exact) mass is 145 g/mol. The number of aliphatic hydroxyl groups is 2. The smallest absolute Gasteiger partial charge is 0.396 e. The summed E-state index contributed by atoms with van der Waals surface area (Å²) in [4.78, 5) is 0. The molecular weight excluding hydrogens is 135 g/mol. The molecule has 0 aromatic heterocycles. The van der Waals surface area contributed by atoms with Crippen LogP contribution < -0.4 is 29.6 Å². The molecule has 0 aliphatic heterocycles. The van der Waals surface area contributed by atoms with Crippen LogP contribution in [-0.4, -0.2) is 34.9 Å². The zero-order chi connectivity index (χ0) is 5.54. The Labute approximate surface area is 76.0 Å². The zero-order valence-electron chi connectivity index (χ0n) is 5.13. The van der Waals surface area contributed by atoms with E-state index in [9.17, 15) is 0 Å². The summed E-state index contributed by atoms with van der Waals surface area (Å²) < 4.78 is 0. The van der Waals surface area contributed by atoms with E-state index in [0.717, 1.165) is 11.5 Å². The largest absolute Gasteiger partial charge is 1.00 e. The molecule has 0 aromatic rings. The molecule has 0 bridgehead atoms. The summed E-state index contributed by atoms with van der Waals surface area (Å²) in [5, 5.41) is 16.4. The standard InChI is InChI=1S/C4H10O2S.Na/c5-1-3-7-4-2-6;/h5-6H,1-4H2;/q;+1. The molecule has 0 heterocycles. The molecule has 44 valence electrons. The summed E-state index contributed by atoms with van der Waals surface area (Å²) in [7, 11) is 0. The summed E-state index contributed by atoms with van der Waals surface area (Å²) in [5.74, 6) is 1.47. The molecule has 2 N–H and O–H groups in total. The van der Waals surface area contributed by atoms with Crippen LogP contribution in [0.5, 0.6) is 0 Å². The van der Waals surface area contributed by atoms with Crippen molar-refractivity contribution in [2.45, 2.75) is 0 Å². The fraction of sp³-hybridized carbons (Fsp3) is 1.00. The minimum atomic E-state index is 0. The molecule has 0 atom stereocenters. The minimum Gasteiger partial charge on any atom is -0.396 e. The van der Waals surface area contributed by atoms with E-state index >= 15 is 0 Å². The van der Waals surface area contributed by atoms with E-state index < -0.39 is 0 Å². The van der Waals surface area contributed by atoms with Gasteiger partial charge in [0.15, 0.2) is 0 Å². The molecule has 8 heavy (non-hydrogen) atoms. The Hall–Kier alpha value is 1.27. The van der Waals surface area contributed by atoms with Crippen molar-refractivity contribution in [3.8, 4) is 0 Å². The van der Waals surface area contributed by atoms with Gasteiger partial charge >= 0.3 is 29.6 Å². The van der Waals surface area contributed by atoms with Gasteiger partial charge in [0.2, 0.25) is 0 Å². The van der Waals surface area contributed by atoms with Crippen molar-refractivity contribution in [2.24, 2.45) is 0 Å². The van der Waals surface area contributed by atoms with Gasteiger partial charge in [-0.1, -0.05) is 0 Å². The van der Waals surface area contributed by atoms with Gasteiger partial charge in [-0.3, -0.25) is 0 Å². The maximum Gasteiger partial charge on any atom is 1.00 e. The first-order chi connectivity index (χ1) is 3.41. The fourth-order valence-corrected chi connectivity index (χ4v) is 0.693. The first-order valence-corrected chi connectivity index (χ1v) is 3.36. The van der Waals surface area contributed by atoms with E-state index in [4.69, 9.17) is 10.2 Å². The van der Waals surface area contributed by atoms with Crippen LogP contribution in [0.25, 0.3) is 0 Å². The molecular formula is C4H10NaO2S+. The Morgan fingerprint density at radius 3 is 1.62 bits per heavy atom. The van der Waals surface area contributed by atoms with Gasteiger partial charge < -0.3 is 10.2 Å². The van der Waals surface area contributed by atoms with Gasteiger partial charge in [0, 0.05) is 11.5 Å². The van der Waals surface area contributed by atoms with Crippen LogP contribution >= 0.6 is 11.8 Å². The Morgan fingerprint density at radius 1 is 1.00 bits per heavy atom. The molecule has 0 unspecified atom stereocenters. The number of hydrogen-bond acceptors (Lipinski definition) is 3. The molecule has 0 aliphatic carbocycles. The molecule has 0 aliphatic rings. The molecule has 0 rings (SSSR count). The molecule has 0 saturated heterocycles. The van der Waals surface area contributed by atoms with Crippen LogP contribution in [0.3, 0.4) is 0 Å². The van der Waals surface area contributed by atoms with Gasteiger partial charge in [0.05, 0.1) is 13.2 Å². The van der Waals surface area contributed by atoms with Crippen LogP contribution in [0.1, 0.15) is 0 Å². The molecule has 2 nitrogen and oxygen atoms in total. The number of thioether (sulfide) groups is 1. The second kappa shape index (κ2) is 11.1. The van der Waals surface area contributed by atoms with Crippen molar-refractivity contribution in [2.75, 3.05) is 24.7 Å². The zero-order valence-corrected chi connectivity index (χ0v) is 7.95. The Morgan fingerprint density at radius 2 is 1.38 bits per heavy atom. The molecule has 0 spiro atoms. The van der Waals surface area contributed by atoms with E-state index in [0.29, 0.717) is 0 Å². The average molecular weight is 145 g/mol. The third-order valence-electron chi connectivity index (χ3n) is 0.471. The maximum atomic E-state index is 8.19. The van der Waals surface area contributed by atoms with E-state index in [1.807, 2.05) is 0 Å². The summed E-state index contributed by atoms with van der Waals surface area (Å²) in [6, 6.07) is 0. The predicted octanol–water partition coefficient (Wildman–Crippen LogP) is -3.29. The summed E-state index contributed by atoms with van der Waals surface area (Å²) in [6.07, 6.45) is 0. The first-order valence-electron chi connectivity index (χ1n) is 2.21. The van der Waals surface area contributed by atoms with E-state index in [-0.39, 0.29) is 42.8 Å². The normalized spacial score (nSPS) is 8.25. The second-order valence-electron chi connectivity index (χ2n) is 1.06. The van der Waals surface area contributed by atoms with Gasteiger partial charge in [0.1, 0.15) is 0 Å². The van der Waals surface area contributed by atoms with Gasteiger partial charge in [-0.15, -0.1) is 0 Å². The molecule has 0 saturated carbocycles. The Kier molecular flexibility index (Phi) is 16.7. The topological polar surface area (TPSA) is 40.5 Å². The second-order valence-corrected chi connectivity index (χ2v) is 2.28. The van der Waals surface area contributed by atoms with Crippen molar-refractivity contribution in [3.63, 3.8) is 0 Å². The molecule has 0 radical (unpaired) electrons. The van der Waals surface area contributed by atoms with Crippen molar-refractivity contribution in [1.82, 2.24) is 0 Å². The third-order valence-corrected chi connectivity index (χ3v) is 1.41. The number of hydrogen-bond donors (Lipinski definition) is 2.